The number of para-hydroxylation sites is 1. The number of aliphatic hydroxyl groups is 1. The van der Waals surface area contributed by atoms with Crippen LogP contribution in [0.3, 0.4) is 0 Å². The smallest absolute Gasteiger partial charge is 0.300 e. The summed E-state index contributed by atoms with van der Waals surface area (Å²) in [4.78, 5) is 27.6. The number of halogens is 1. The van der Waals surface area contributed by atoms with Crippen LogP contribution in [0.15, 0.2) is 78.4 Å². The minimum atomic E-state index is -0.831. The maximum Gasteiger partial charge on any atom is 0.300 e. The summed E-state index contributed by atoms with van der Waals surface area (Å²) in [6.45, 7) is 0. The predicted octanol–water partition coefficient (Wildman–Crippen LogP) is 4.98. The number of amides is 1. The van der Waals surface area contributed by atoms with Crippen LogP contribution < -0.4 is 14.4 Å². The van der Waals surface area contributed by atoms with Crippen LogP contribution in [-0.4, -0.2) is 31.0 Å². The molecule has 3 aromatic carbocycles. The molecule has 1 N–H and O–H groups in total. The van der Waals surface area contributed by atoms with E-state index in [1.807, 2.05) is 6.07 Å². The summed E-state index contributed by atoms with van der Waals surface area (Å²) in [5.74, 6) is -0.943. The van der Waals surface area contributed by atoms with Gasteiger partial charge in [-0.3, -0.25) is 14.5 Å². The molecule has 1 aliphatic rings. The number of carbonyl (C=O) groups is 2. The fourth-order valence-electron chi connectivity index (χ4n) is 3.79. The van der Waals surface area contributed by atoms with Crippen molar-refractivity contribution in [1.29, 1.82) is 0 Å². The first-order chi connectivity index (χ1) is 15.5. The molecule has 162 valence electrons. The lowest BCUT2D eigenvalue weighted by molar-refractivity contribution is -0.132. The van der Waals surface area contributed by atoms with Crippen molar-refractivity contribution < 1.29 is 24.2 Å². The van der Waals surface area contributed by atoms with Crippen LogP contribution in [-0.2, 0) is 9.59 Å². The number of carbonyl (C=O) groups excluding carboxylic acids is 2. The molecule has 1 saturated heterocycles. The minimum Gasteiger partial charge on any atom is -0.507 e. The van der Waals surface area contributed by atoms with Crippen molar-refractivity contribution in [2.24, 2.45) is 0 Å². The number of aliphatic hydroxyl groups excluding tert-OH is 1. The molecule has 0 spiro atoms. The molecule has 4 rings (SSSR count). The third-order valence-corrected chi connectivity index (χ3v) is 5.57. The molecule has 1 fully saturated rings. The van der Waals surface area contributed by atoms with Crippen molar-refractivity contribution in [1.82, 2.24) is 0 Å². The summed E-state index contributed by atoms with van der Waals surface area (Å²) in [6, 6.07) is 19.6. The molecule has 0 aliphatic carbocycles. The van der Waals surface area contributed by atoms with Crippen LogP contribution in [0.2, 0.25) is 5.02 Å². The number of nitrogens with zero attached hydrogens (tertiary/aromatic N) is 1. The highest BCUT2D eigenvalue weighted by atomic mass is 35.5. The zero-order valence-corrected chi connectivity index (χ0v) is 18.2. The Kier molecular flexibility index (Phi) is 5.88. The fraction of sp³-hybridized carbons (Fsp3) is 0.120. The maximum absolute atomic E-state index is 13.1. The summed E-state index contributed by atoms with van der Waals surface area (Å²) >= 11 is 6.05. The standard InChI is InChI=1S/C25H20ClNO5/c1-31-19-13-10-16(14-20(19)32-2)23(28)21-22(15-8-11-17(26)12-9-15)27(25(30)24(21)29)18-6-4-3-5-7-18/h3-14,22,28H,1-2H3/b23-21-. The Morgan fingerprint density at radius 1 is 0.906 bits per heavy atom. The number of ether oxygens (including phenoxy) is 2. The van der Waals surface area contributed by atoms with Crippen LogP contribution in [0, 0.1) is 0 Å². The van der Waals surface area contributed by atoms with E-state index in [1.54, 1.807) is 66.7 Å². The van der Waals surface area contributed by atoms with Gasteiger partial charge in [-0.05, 0) is 48.0 Å². The second-order valence-corrected chi connectivity index (χ2v) is 7.56. The van der Waals surface area contributed by atoms with Gasteiger partial charge in [0.1, 0.15) is 5.76 Å². The first-order valence-electron chi connectivity index (χ1n) is 9.80. The largest absolute Gasteiger partial charge is 0.507 e. The van der Waals surface area contributed by atoms with Crippen LogP contribution in [0.1, 0.15) is 17.2 Å². The first-order valence-corrected chi connectivity index (χ1v) is 10.2. The molecule has 0 aromatic heterocycles. The van der Waals surface area contributed by atoms with Gasteiger partial charge in [0.25, 0.3) is 11.7 Å². The van der Waals surface area contributed by atoms with E-state index in [1.165, 1.54) is 19.1 Å². The van der Waals surface area contributed by atoms with E-state index in [-0.39, 0.29) is 11.3 Å². The van der Waals surface area contributed by atoms with Gasteiger partial charge in [0.2, 0.25) is 0 Å². The van der Waals surface area contributed by atoms with Gasteiger partial charge in [-0.1, -0.05) is 41.9 Å². The molecule has 1 atom stereocenters. The van der Waals surface area contributed by atoms with Gasteiger partial charge in [0.15, 0.2) is 11.5 Å². The molecule has 7 heteroatoms. The summed E-state index contributed by atoms with van der Waals surface area (Å²) in [5.41, 5.74) is 1.49. The topological polar surface area (TPSA) is 76.1 Å². The molecule has 0 saturated carbocycles. The quantitative estimate of drug-likeness (QED) is 0.337. The summed E-state index contributed by atoms with van der Waals surface area (Å²) in [7, 11) is 2.98. The number of rotatable bonds is 5. The molecule has 1 heterocycles. The van der Waals surface area contributed by atoms with Gasteiger partial charge in [-0.25, -0.2) is 0 Å². The molecule has 3 aromatic rings. The lowest BCUT2D eigenvalue weighted by Gasteiger charge is -2.25. The second kappa shape index (κ2) is 8.77. The minimum absolute atomic E-state index is 0.0200. The lowest BCUT2D eigenvalue weighted by Crippen LogP contribution is -2.29. The molecule has 0 radical (unpaired) electrons. The van der Waals surface area contributed by atoms with E-state index in [0.29, 0.717) is 33.3 Å². The van der Waals surface area contributed by atoms with E-state index in [4.69, 9.17) is 21.1 Å². The number of hydrogen-bond donors (Lipinski definition) is 1. The van der Waals surface area contributed by atoms with Crippen molar-refractivity contribution in [3.63, 3.8) is 0 Å². The second-order valence-electron chi connectivity index (χ2n) is 7.13. The monoisotopic (exact) mass is 449 g/mol. The third kappa shape index (κ3) is 3.69. The Labute approximate surface area is 190 Å². The van der Waals surface area contributed by atoms with Crippen molar-refractivity contribution in [2.75, 3.05) is 19.1 Å². The average molecular weight is 450 g/mol. The fourth-order valence-corrected chi connectivity index (χ4v) is 3.91. The number of anilines is 1. The number of methoxy groups -OCH3 is 2. The molecule has 0 bridgehead atoms. The molecular formula is C25H20ClNO5. The summed E-state index contributed by atoms with van der Waals surface area (Å²) < 4.78 is 10.6. The zero-order valence-electron chi connectivity index (χ0n) is 17.4. The van der Waals surface area contributed by atoms with Gasteiger partial charge in [-0.2, -0.15) is 0 Å². The van der Waals surface area contributed by atoms with Crippen LogP contribution in [0.25, 0.3) is 5.76 Å². The lowest BCUT2D eigenvalue weighted by atomic mass is 9.95. The Morgan fingerprint density at radius 2 is 1.56 bits per heavy atom. The first kappa shape index (κ1) is 21.5. The highest BCUT2D eigenvalue weighted by Gasteiger charge is 2.46. The number of ketones is 1. The molecule has 1 amide bonds. The SMILES string of the molecule is COc1ccc(/C(O)=C2/C(=O)C(=O)N(c3ccccc3)C2c2ccc(Cl)cc2)cc1OC. The Balaban J connectivity index is 1.93. The van der Waals surface area contributed by atoms with Crippen molar-refractivity contribution in [3.05, 3.63) is 94.5 Å². The molecule has 32 heavy (non-hydrogen) atoms. The number of benzene rings is 3. The normalized spacial score (nSPS) is 17.5. The third-order valence-electron chi connectivity index (χ3n) is 5.32. The van der Waals surface area contributed by atoms with Gasteiger partial charge in [0.05, 0.1) is 25.8 Å². The van der Waals surface area contributed by atoms with Crippen LogP contribution in [0.4, 0.5) is 5.69 Å². The Bertz CT molecular complexity index is 1200. The average Bonchev–Trinajstić information content (AvgIpc) is 3.09. The summed E-state index contributed by atoms with van der Waals surface area (Å²) in [5, 5.41) is 11.7. The molecule has 1 aliphatic heterocycles. The Hall–Kier alpha value is -3.77. The van der Waals surface area contributed by atoms with Gasteiger partial charge < -0.3 is 14.6 Å². The van der Waals surface area contributed by atoms with Gasteiger partial charge in [-0.15, -0.1) is 0 Å². The van der Waals surface area contributed by atoms with Gasteiger partial charge in [0, 0.05) is 16.3 Å². The van der Waals surface area contributed by atoms with Crippen LogP contribution in [0.5, 0.6) is 11.5 Å². The molecular weight excluding hydrogens is 430 g/mol. The van der Waals surface area contributed by atoms with Crippen molar-refractivity contribution >= 4 is 34.7 Å². The number of hydrogen-bond acceptors (Lipinski definition) is 5. The predicted molar refractivity (Wildman–Crippen MR) is 122 cm³/mol. The molecule has 1 unspecified atom stereocenters. The van der Waals surface area contributed by atoms with E-state index >= 15 is 0 Å². The highest BCUT2D eigenvalue weighted by molar-refractivity contribution is 6.51. The van der Waals surface area contributed by atoms with Crippen LogP contribution >= 0.6 is 11.6 Å². The number of Topliss-reactive ketones (excluding diaryl/α,β-unsaturated/α-hetero) is 1. The Morgan fingerprint density at radius 3 is 2.19 bits per heavy atom. The zero-order chi connectivity index (χ0) is 22.8. The highest BCUT2D eigenvalue weighted by Crippen LogP contribution is 2.43. The summed E-state index contributed by atoms with van der Waals surface area (Å²) in [6.07, 6.45) is 0. The van der Waals surface area contributed by atoms with Crippen molar-refractivity contribution in [2.45, 2.75) is 6.04 Å². The van der Waals surface area contributed by atoms with E-state index in [9.17, 15) is 14.7 Å². The van der Waals surface area contributed by atoms with E-state index < -0.39 is 17.7 Å². The van der Waals surface area contributed by atoms with E-state index in [0.717, 1.165) is 0 Å². The van der Waals surface area contributed by atoms with Gasteiger partial charge >= 0.3 is 0 Å². The maximum atomic E-state index is 13.1. The van der Waals surface area contributed by atoms with E-state index in [2.05, 4.69) is 0 Å². The van der Waals surface area contributed by atoms with Crippen molar-refractivity contribution in [3.8, 4) is 11.5 Å². The molecule has 6 nitrogen and oxygen atoms in total.